The van der Waals surface area contributed by atoms with Crippen molar-refractivity contribution in [3.05, 3.63) is 30.7 Å². The summed E-state index contributed by atoms with van der Waals surface area (Å²) in [4.78, 5) is 0. The summed E-state index contributed by atoms with van der Waals surface area (Å²) in [7, 11) is 0. The van der Waals surface area contributed by atoms with Crippen molar-refractivity contribution in [3.8, 4) is 11.5 Å². The fourth-order valence-corrected chi connectivity index (χ4v) is 2.08. The number of benzene rings is 1. The number of rotatable bonds is 4. The van der Waals surface area contributed by atoms with E-state index < -0.39 is 24.6 Å². The number of nitrogens with two attached hydrogens (primary N) is 1. The van der Waals surface area contributed by atoms with Gasteiger partial charge < -0.3 is 46.8 Å². The number of epoxide rings is 1. The van der Waals surface area contributed by atoms with Crippen molar-refractivity contribution >= 4 is 0 Å². The summed E-state index contributed by atoms with van der Waals surface area (Å²) in [6, 6.07) is 6.19. The molecule has 2 aliphatic rings. The van der Waals surface area contributed by atoms with Crippen LogP contribution in [0.5, 0.6) is 11.5 Å². The molecule has 0 spiro atoms. The molecular formula is C19H34NO7U-. The van der Waals surface area contributed by atoms with E-state index in [-0.39, 0.29) is 56.2 Å². The van der Waals surface area contributed by atoms with Crippen molar-refractivity contribution in [2.45, 2.75) is 58.4 Å². The molecule has 1 aromatic rings. The third-order valence-electron chi connectivity index (χ3n) is 3.25. The molecule has 0 aromatic heterocycles. The van der Waals surface area contributed by atoms with Crippen LogP contribution >= 0.6 is 0 Å². The number of fused-ring (bicyclic) bond motifs is 1. The molecule has 0 radical (unpaired) electrons. The second-order valence-electron chi connectivity index (χ2n) is 5.48. The van der Waals surface area contributed by atoms with Crippen molar-refractivity contribution in [2.75, 3.05) is 19.8 Å². The third-order valence-corrected chi connectivity index (χ3v) is 3.25. The maximum atomic E-state index is 10.0. The first kappa shape index (κ1) is 29.8. The Bertz CT molecular complexity index is 476. The van der Waals surface area contributed by atoms with Crippen LogP contribution in [0.15, 0.2) is 24.3 Å². The monoisotopic (exact) mass is 626 g/mol. The Balaban J connectivity index is 0. The number of aliphatic hydroxyl groups excluding tert-OH is 3. The van der Waals surface area contributed by atoms with Gasteiger partial charge in [0.25, 0.3) is 0 Å². The Hall–Kier alpha value is -0.368. The van der Waals surface area contributed by atoms with Gasteiger partial charge in [0.15, 0.2) is 18.5 Å². The predicted octanol–water partition coefficient (Wildman–Crippen LogP) is 0.811. The number of aromatic hydroxyl groups is 1. The second-order valence-corrected chi connectivity index (χ2v) is 5.48. The van der Waals surface area contributed by atoms with E-state index in [2.05, 4.69) is 0 Å². The molecular weight excluding hydrogens is 592 g/mol. The summed E-state index contributed by atoms with van der Waals surface area (Å²) in [6.07, 6.45) is -0.946. The Kier molecular flexibility index (Phi) is 18.6. The molecule has 6 N–H and O–H groups in total. The van der Waals surface area contributed by atoms with E-state index in [0.717, 1.165) is 0 Å². The zero-order valence-electron chi connectivity index (χ0n) is 17.0. The molecule has 162 valence electrons. The van der Waals surface area contributed by atoms with Crippen molar-refractivity contribution in [3.63, 3.8) is 0 Å². The number of hydrogen-bond acceptors (Lipinski definition) is 8. The molecule has 9 heteroatoms. The molecule has 3 rings (SSSR count). The first-order chi connectivity index (χ1) is 13.0. The van der Waals surface area contributed by atoms with Gasteiger partial charge in [-0.2, -0.15) is 13.8 Å². The zero-order valence-corrected chi connectivity index (χ0v) is 21.1. The van der Waals surface area contributed by atoms with E-state index in [0.29, 0.717) is 12.3 Å². The van der Waals surface area contributed by atoms with Crippen LogP contribution in [0.2, 0.25) is 0 Å². The average Bonchev–Trinajstić information content (AvgIpc) is 3.47. The summed E-state index contributed by atoms with van der Waals surface area (Å²) >= 11 is 0. The standard InChI is InChI=1S/C12H14O6.C3H7.C2H7NO.C2H6.U/c13-5-8-9(15)10(11-12(17-8)18-11)16-7-3-1-6(14)2-4-7;1-3-2;3-1-2-4;1-2;/h1-4,8-15H,5H2;3H,1-2H3;4H,1-3H2;1-2H3;/q;-1;;;. The Labute approximate surface area is 191 Å². The number of phenolic OH excluding ortho intramolecular Hbond substituents is 1. The SMILES string of the molecule is CC.C[CH-]C.NCCO.OCC1OC2OC2C(Oc2ccc(O)cc2)C1O.[U]. The maximum Gasteiger partial charge on any atom is 0.188 e. The third kappa shape index (κ3) is 10.4. The normalized spacial score (nSPS) is 26.4. The molecule has 2 saturated heterocycles. The second kappa shape index (κ2) is 17.5. The quantitative estimate of drug-likeness (QED) is 0.245. The molecule has 1 aromatic carbocycles. The van der Waals surface area contributed by atoms with Gasteiger partial charge in [-0.15, -0.1) is 0 Å². The first-order valence-electron chi connectivity index (χ1n) is 9.12. The predicted molar refractivity (Wildman–Crippen MR) is 102 cm³/mol. The fraction of sp³-hybridized carbons (Fsp3) is 0.632. The minimum absolute atomic E-state index is 0. The molecule has 5 unspecified atom stereocenters. The fourth-order valence-electron chi connectivity index (χ4n) is 2.08. The molecule has 8 nitrogen and oxygen atoms in total. The summed E-state index contributed by atoms with van der Waals surface area (Å²) in [5, 5.41) is 36.0. The van der Waals surface area contributed by atoms with E-state index in [1.807, 2.05) is 34.1 Å². The minimum atomic E-state index is -0.951. The number of phenols is 1. The van der Waals surface area contributed by atoms with Crippen LogP contribution in [0.4, 0.5) is 0 Å². The van der Waals surface area contributed by atoms with Gasteiger partial charge in [-0.25, -0.2) is 0 Å². The van der Waals surface area contributed by atoms with Crippen molar-refractivity contribution in [1.29, 1.82) is 0 Å². The summed E-state index contributed by atoms with van der Waals surface area (Å²) in [5.74, 6) is 0.661. The van der Waals surface area contributed by atoms with Gasteiger partial charge in [-0.1, -0.05) is 13.8 Å². The maximum absolute atomic E-state index is 10.0. The summed E-state index contributed by atoms with van der Waals surface area (Å²) in [5.41, 5.74) is 4.78. The number of ether oxygens (including phenoxy) is 3. The number of hydrogen-bond donors (Lipinski definition) is 5. The molecule has 5 atom stereocenters. The largest absolute Gasteiger partial charge is 0.508 e. The van der Waals surface area contributed by atoms with Crippen molar-refractivity contribution < 1.29 is 65.7 Å². The molecule has 2 heterocycles. The molecule has 28 heavy (non-hydrogen) atoms. The van der Waals surface area contributed by atoms with Crippen molar-refractivity contribution in [2.24, 2.45) is 5.73 Å². The van der Waals surface area contributed by atoms with Gasteiger partial charge in [0.2, 0.25) is 0 Å². The van der Waals surface area contributed by atoms with E-state index in [1.54, 1.807) is 12.1 Å². The summed E-state index contributed by atoms with van der Waals surface area (Å²) in [6.45, 7) is 8.18. The van der Waals surface area contributed by atoms with Gasteiger partial charge in [0.05, 0.1) is 13.2 Å². The Morgan fingerprint density at radius 2 is 1.61 bits per heavy atom. The first-order valence-corrected chi connectivity index (χ1v) is 9.12. The van der Waals surface area contributed by atoms with Gasteiger partial charge in [0.1, 0.15) is 23.7 Å². The van der Waals surface area contributed by atoms with E-state index in [1.165, 1.54) is 12.1 Å². The molecule has 0 aliphatic carbocycles. The van der Waals surface area contributed by atoms with Crippen LogP contribution in [-0.4, -0.2) is 70.9 Å². The number of aliphatic hydroxyl groups is 3. The molecule has 0 bridgehead atoms. The molecule has 2 fully saturated rings. The van der Waals surface area contributed by atoms with Crippen LogP contribution < -0.4 is 10.5 Å². The molecule has 2 aliphatic heterocycles. The van der Waals surface area contributed by atoms with Crippen LogP contribution in [0.25, 0.3) is 0 Å². The van der Waals surface area contributed by atoms with Crippen LogP contribution in [0.3, 0.4) is 0 Å². The van der Waals surface area contributed by atoms with E-state index in [9.17, 15) is 10.2 Å². The van der Waals surface area contributed by atoms with Gasteiger partial charge in [-0.05, 0) is 24.3 Å². The topological polar surface area (TPSA) is 138 Å². The van der Waals surface area contributed by atoms with Gasteiger partial charge in [0, 0.05) is 37.7 Å². The smallest absolute Gasteiger partial charge is 0.188 e. The zero-order chi connectivity index (χ0) is 20.8. The van der Waals surface area contributed by atoms with Gasteiger partial charge in [-0.3, -0.25) is 0 Å². The van der Waals surface area contributed by atoms with Crippen LogP contribution in [0.1, 0.15) is 27.7 Å². The van der Waals surface area contributed by atoms with E-state index >= 15 is 0 Å². The van der Waals surface area contributed by atoms with Gasteiger partial charge >= 0.3 is 0 Å². The van der Waals surface area contributed by atoms with Crippen molar-refractivity contribution in [1.82, 2.24) is 0 Å². The molecule has 0 amide bonds. The minimum Gasteiger partial charge on any atom is -0.508 e. The Morgan fingerprint density at radius 3 is 2.04 bits per heavy atom. The van der Waals surface area contributed by atoms with Crippen LogP contribution in [0, 0.1) is 37.5 Å². The average molecular weight is 627 g/mol. The molecule has 0 saturated carbocycles. The van der Waals surface area contributed by atoms with Crippen LogP contribution in [-0.2, 0) is 9.47 Å². The van der Waals surface area contributed by atoms with E-state index in [4.69, 9.17) is 30.2 Å². The summed E-state index contributed by atoms with van der Waals surface area (Å²) < 4.78 is 16.1. The Morgan fingerprint density at radius 1 is 1.11 bits per heavy atom.